The molecule has 0 saturated carbocycles. The highest BCUT2D eigenvalue weighted by atomic mass is 32.2. The molecule has 0 aliphatic rings. The van der Waals surface area contributed by atoms with Crippen LogP contribution in [0, 0.1) is 0 Å². The van der Waals surface area contributed by atoms with Gasteiger partial charge in [-0.2, -0.15) is 23.5 Å². The summed E-state index contributed by atoms with van der Waals surface area (Å²) in [5.74, 6) is 0. The molecule has 0 atom stereocenters. The molecule has 0 N–H and O–H groups in total. The van der Waals surface area contributed by atoms with Crippen LogP contribution < -0.4 is 0 Å². The summed E-state index contributed by atoms with van der Waals surface area (Å²) in [6, 6.07) is 0. The highest BCUT2D eigenvalue weighted by molar-refractivity contribution is 8.16. The molecule has 0 fully saturated rings. The van der Waals surface area contributed by atoms with Crippen LogP contribution in [0.1, 0.15) is 6.42 Å². The van der Waals surface area contributed by atoms with Gasteiger partial charge in [-0.3, -0.25) is 0 Å². The molecule has 0 bridgehead atoms. The minimum absolute atomic E-state index is 0.0619. The zero-order valence-corrected chi connectivity index (χ0v) is 6.85. The zero-order chi connectivity index (χ0) is 6.41. The highest BCUT2D eigenvalue weighted by Crippen LogP contribution is 2.20. The van der Waals surface area contributed by atoms with Crippen molar-refractivity contribution in [3.63, 3.8) is 0 Å². The minimum atomic E-state index is 0.0619. The third-order valence-electron chi connectivity index (χ3n) is 0.879. The molecule has 0 aromatic rings. The van der Waals surface area contributed by atoms with Crippen molar-refractivity contribution in [1.29, 1.82) is 0 Å². The summed E-state index contributed by atoms with van der Waals surface area (Å²) in [6.45, 7) is 0.0619. The van der Waals surface area contributed by atoms with Crippen LogP contribution >= 0.6 is 23.5 Å². The Kier molecular flexibility index (Phi) is 6.27. The SMILES string of the molecule is CSC(CC[O])SC. The Balaban J connectivity index is 3.07. The summed E-state index contributed by atoms with van der Waals surface area (Å²) in [4.78, 5) is 0. The third kappa shape index (κ3) is 3.64. The monoisotopic (exact) mass is 151 g/mol. The maximum absolute atomic E-state index is 10.0. The average molecular weight is 151 g/mol. The van der Waals surface area contributed by atoms with E-state index in [1.807, 2.05) is 12.5 Å². The van der Waals surface area contributed by atoms with Crippen LogP contribution in [-0.4, -0.2) is 23.7 Å². The summed E-state index contributed by atoms with van der Waals surface area (Å²) in [5.41, 5.74) is 0. The van der Waals surface area contributed by atoms with E-state index in [0.29, 0.717) is 4.58 Å². The summed E-state index contributed by atoms with van der Waals surface area (Å²) < 4.78 is 0.521. The summed E-state index contributed by atoms with van der Waals surface area (Å²) in [7, 11) is 0. The fourth-order valence-electron chi connectivity index (χ4n) is 0.428. The van der Waals surface area contributed by atoms with E-state index < -0.39 is 0 Å². The number of hydrogen-bond donors (Lipinski definition) is 0. The van der Waals surface area contributed by atoms with E-state index in [0.717, 1.165) is 6.42 Å². The molecule has 49 valence electrons. The summed E-state index contributed by atoms with van der Waals surface area (Å²) in [5, 5.41) is 10.0. The van der Waals surface area contributed by atoms with E-state index in [1.54, 1.807) is 23.5 Å². The van der Waals surface area contributed by atoms with Crippen molar-refractivity contribution in [2.75, 3.05) is 19.1 Å². The Morgan fingerprint density at radius 2 is 1.88 bits per heavy atom. The van der Waals surface area contributed by atoms with Crippen molar-refractivity contribution >= 4 is 23.5 Å². The fourth-order valence-corrected chi connectivity index (χ4v) is 1.86. The predicted octanol–water partition coefficient (Wildman–Crippen LogP) is 1.86. The Hall–Kier alpha value is 0.660. The molecule has 0 heterocycles. The molecular weight excluding hydrogens is 140 g/mol. The highest BCUT2D eigenvalue weighted by Gasteiger charge is 2.01. The Morgan fingerprint density at radius 3 is 2.00 bits per heavy atom. The molecule has 0 saturated heterocycles. The molecule has 8 heavy (non-hydrogen) atoms. The van der Waals surface area contributed by atoms with Gasteiger partial charge < -0.3 is 0 Å². The lowest BCUT2D eigenvalue weighted by Gasteiger charge is -2.06. The van der Waals surface area contributed by atoms with Gasteiger partial charge in [-0.05, 0) is 18.9 Å². The topological polar surface area (TPSA) is 19.9 Å². The normalized spacial score (nSPS) is 10.5. The smallest absolute Gasteiger partial charge is 0.0841 e. The van der Waals surface area contributed by atoms with Gasteiger partial charge in [0.05, 0.1) is 11.2 Å². The molecule has 0 aliphatic carbocycles. The van der Waals surface area contributed by atoms with Crippen molar-refractivity contribution in [3.8, 4) is 0 Å². The fraction of sp³-hybridized carbons (Fsp3) is 1.00. The van der Waals surface area contributed by atoms with Crippen LogP contribution in [0.4, 0.5) is 0 Å². The van der Waals surface area contributed by atoms with Crippen LogP contribution in [-0.2, 0) is 5.11 Å². The van der Waals surface area contributed by atoms with E-state index in [9.17, 15) is 5.11 Å². The number of thioether (sulfide) groups is 2. The van der Waals surface area contributed by atoms with Crippen LogP contribution in [0.5, 0.6) is 0 Å². The number of hydrogen-bond acceptors (Lipinski definition) is 2. The van der Waals surface area contributed by atoms with Crippen molar-refractivity contribution in [1.82, 2.24) is 0 Å². The first kappa shape index (κ1) is 8.66. The molecule has 1 radical (unpaired) electrons. The maximum Gasteiger partial charge on any atom is 0.0841 e. The van der Waals surface area contributed by atoms with Gasteiger partial charge in [-0.1, -0.05) is 0 Å². The standard InChI is InChI=1S/C5H11OS2/c1-7-5(8-2)3-4-6/h5H,3-4H2,1-2H3. The zero-order valence-electron chi connectivity index (χ0n) is 5.22. The molecule has 0 aliphatic heterocycles. The molecule has 0 aromatic heterocycles. The predicted molar refractivity (Wildman–Crippen MR) is 41.0 cm³/mol. The Morgan fingerprint density at radius 1 is 1.38 bits per heavy atom. The van der Waals surface area contributed by atoms with Crippen molar-refractivity contribution in [2.24, 2.45) is 0 Å². The van der Waals surface area contributed by atoms with Crippen LogP contribution in [0.25, 0.3) is 0 Å². The van der Waals surface area contributed by atoms with Gasteiger partial charge in [0, 0.05) is 0 Å². The van der Waals surface area contributed by atoms with Gasteiger partial charge in [0.1, 0.15) is 0 Å². The van der Waals surface area contributed by atoms with Crippen molar-refractivity contribution < 1.29 is 5.11 Å². The van der Waals surface area contributed by atoms with E-state index in [1.165, 1.54) is 0 Å². The van der Waals surface area contributed by atoms with Crippen LogP contribution in [0.3, 0.4) is 0 Å². The average Bonchev–Trinajstić information content (AvgIpc) is 1.83. The van der Waals surface area contributed by atoms with Crippen LogP contribution in [0.2, 0.25) is 0 Å². The molecule has 0 aromatic carbocycles. The second-order valence-corrected chi connectivity index (χ2v) is 3.77. The molecule has 0 unspecified atom stereocenters. The first-order chi connectivity index (χ1) is 3.85. The van der Waals surface area contributed by atoms with E-state index in [-0.39, 0.29) is 6.61 Å². The van der Waals surface area contributed by atoms with Crippen molar-refractivity contribution in [3.05, 3.63) is 0 Å². The van der Waals surface area contributed by atoms with E-state index in [4.69, 9.17) is 0 Å². The van der Waals surface area contributed by atoms with Gasteiger partial charge in [0.2, 0.25) is 0 Å². The lowest BCUT2D eigenvalue weighted by Crippen LogP contribution is -1.96. The second kappa shape index (κ2) is 5.79. The molecule has 0 spiro atoms. The number of rotatable bonds is 4. The Labute approximate surface area is 59.2 Å². The molecule has 1 nitrogen and oxygen atoms in total. The van der Waals surface area contributed by atoms with Gasteiger partial charge in [-0.15, -0.1) is 0 Å². The van der Waals surface area contributed by atoms with Gasteiger partial charge in [0.25, 0.3) is 0 Å². The largest absolute Gasteiger partial charge is 0.237 e. The lowest BCUT2D eigenvalue weighted by molar-refractivity contribution is 0.193. The summed E-state index contributed by atoms with van der Waals surface area (Å²) in [6.07, 6.45) is 4.87. The first-order valence-corrected chi connectivity index (χ1v) is 5.06. The van der Waals surface area contributed by atoms with E-state index in [2.05, 4.69) is 0 Å². The molecule has 0 amide bonds. The molecule has 3 heteroatoms. The van der Waals surface area contributed by atoms with Gasteiger partial charge >= 0.3 is 0 Å². The van der Waals surface area contributed by atoms with Gasteiger partial charge in [0.15, 0.2) is 0 Å². The van der Waals surface area contributed by atoms with Crippen LogP contribution in [0.15, 0.2) is 0 Å². The maximum atomic E-state index is 10.0. The van der Waals surface area contributed by atoms with Gasteiger partial charge in [-0.25, -0.2) is 5.11 Å². The molecule has 0 rings (SSSR count). The minimum Gasteiger partial charge on any atom is -0.237 e. The van der Waals surface area contributed by atoms with E-state index >= 15 is 0 Å². The first-order valence-electron chi connectivity index (χ1n) is 2.48. The molecular formula is C5H11OS2. The third-order valence-corrected chi connectivity index (χ3v) is 3.56. The summed E-state index contributed by atoms with van der Waals surface area (Å²) >= 11 is 3.51. The second-order valence-electron chi connectivity index (χ2n) is 1.39. The van der Waals surface area contributed by atoms with Crippen molar-refractivity contribution in [2.45, 2.75) is 11.0 Å². The Bertz CT molecular complexity index is 45.7. The quantitative estimate of drug-likeness (QED) is 0.571. The lowest BCUT2D eigenvalue weighted by atomic mass is 10.5.